The number of nitrogens with one attached hydrogen (secondary N) is 1. The largest absolute Gasteiger partial charge is 0.380 e. The average molecular weight is 273 g/mol. The molecule has 0 heterocycles. The van der Waals surface area contributed by atoms with Gasteiger partial charge in [-0.05, 0) is 36.8 Å². The van der Waals surface area contributed by atoms with E-state index in [4.69, 9.17) is 0 Å². The lowest BCUT2D eigenvalue weighted by atomic mass is 9.95. The molecule has 0 atom stereocenters. The lowest BCUT2D eigenvalue weighted by Gasteiger charge is -2.24. The average Bonchev–Trinajstić information content (AvgIpc) is 2.28. The van der Waals surface area contributed by atoms with Gasteiger partial charge in [-0.1, -0.05) is 27.7 Å². The summed E-state index contributed by atoms with van der Waals surface area (Å²) in [5, 5.41) is 3.00. The Kier molecular flexibility index (Phi) is 5.70. The Morgan fingerprint density at radius 3 is 1.89 bits per heavy atom. The molecule has 4 heteroatoms. The second kappa shape index (κ2) is 6.83. The van der Waals surface area contributed by atoms with Crippen LogP contribution in [-0.4, -0.2) is 6.04 Å². The van der Waals surface area contributed by atoms with Gasteiger partial charge in [-0.25, -0.2) is 13.2 Å². The summed E-state index contributed by atoms with van der Waals surface area (Å²) in [6.07, 6.45) is 1.72. The minimum absolute atomic E-state index is 0.0326. The van der Waals surface area contributed by atoms with Crippen LogP contribution in [0.5, 0.6) is 0 Å². The van der Waals surface area contributed by atoms with E-state index < -0.39 is 17.5 Å². The highest BCUT2D eigenvalue weighted by atomic mass is 19.2. The molecule has 0 saturated heterocycles. The van der Waals surface area contributed by atoms with Crippen LogP contribution in [-0.2, 0) is 0 Å². The predicted molar refractivity (Wildman–Crippen MR) is 72.6 cm³/mol. The van der Waals surface area contributed by atoms with Crippen LogP contribution >= 0.6 is 0 Å². The number of benzene rings is 1. The molecule has 0 aliphatic heterocycles. The van der Waals surface area contributed by atoms with Gasteiger partial charge < -0.3 is 5.32 Å². The lowest BCUT2D eigenvalue weighted by molar-refractivity contribution is 0.431. The zero-order valence-corrected chi connectivity index (χ0v) is 11.9. The van der Waals surface area contributed by atoms with Gasteiger partial charge in [0.1, 0.15) is 0 Å². The number of halogens is 3. The Bertz CT molecular complexity index is 406. The van der Waals surface area contributed by atoms with Gasteiger partial charge in [0, 0.05) is 6.04 Å². The van der Waals surface area contributed by atoms with E-state index in [-0.39, 0.29) is 11.7 Å². The van der Waals surface area contributed by atoms with Crippen LogP contribution in [0.4, 0.5) is 18.9 Å². The molecule has 0 fully saturated rings. The number of rotatable bonds is 6. The summed E-state index contributed by atoms with van der Waals surface area (Å²) in [5.74, 6) is -2.82. The van der Waals surface area contributed by atoms with Crippen molar-refractivity contribution in [3.8, 4) is 0 Å². The summed E-state index contributed by atoms with van der Waals surface area (Å²) in [6, 6.07) is 2.25. The first-order chi connectivity index (χ1) is 8.81. The van der Waals surface area contributed by atoms with Crippen LogP contribution in [0.2, 0.25) is 0 Å². The summed E-state index contributed by atoms with van der Waals surface area (Å²) >= 11 is 0. The summed E-state index contributed by atoms with van der Waals surface area (Å²) < 4.78 is 39.7. The van der Waals surface area contributed by atoms with Crippen LogP contribution in [0.3, 0.4) is 0 Å². The molecule has 0 radical (unpaired) electrons. The molecule has 0 spiro atoms. The first-order valence-corrected chi connectivity index (χ1v) is 6.71. The normalized spacial score (nSPS) is 11.7. The van der Waals surface area contributed by atoms with Crippen LogP contribution in [0.15, 0.2) is 12.1 Å². The fourth-order valence-electron chi connectivity index (χ4n) is 2.21. The second-order valence-electron chi connectivity index (χ2n) is 5.82. The Hall–Kier alpha value is -1.19. The van der Waals surface area contributed by atoms with Gasteiger partial charge in [-0.2, -0.15) is 0 Å². The highest BCUT2D eigenvalue weighted by Crippen LogP contribution is 2.23. The van der Waals surface area contributed by atoms with E-state index in [0.717, 1.165) is 18.9 Å². The van der Waals surface area contributed by atoms with E-state index in [0.29, 0.717) is 11.8 Å². The van der Waals surface area contributed by atoms with Crippen molar-refractivity contribution in [1.29, 1.82) is 0 Å². The minimum atomic E-state index is -1.42. The van der Waals surface area contributed by atoms with Gasteiger partial charge in [-0.15, -0.1) is 0 Å². The van der Waals surface area contributed by atoms with Gasteiger partial charge in [0.2, 0.25) is 0 Å². The Morgan fingerprint density at radius 1 is 0.895 bits per heavy atom. The predicted octanol–water partition coefficient (Wildman–Crippen LogP) is 4.98. The first-order valence-electron chi connectivity index (χ1n) is 6.71. The number of hydrogen-bond donors (Lipinski definition) is 1. The Labute approximate surface area is 113 Å². The molecule has 0 bridgehead atoms. The van der Waals surface area contributed by atoms with Crippen molar-refractivity contribution in [3.63, 3.8) is 0 Å². The molecule has 0 aliphatic rings. The quantitative estimate of drug-likeness (QED) is 0.721. The third-order valence-corrected chi connectivity index (χ3v) is 2.91. The van der Waals surface area contributed by atoms with E-state index in [1.807, 2.05) is 0 Å². The number of hydrogen-bond acceptors (Lipinski definition) is 1. The fourth-order valence-corrected chi connectivity index (χ4v) is 2.21. The lowest BCUT2D eigenvalue weighted by Crippen LogP contribution is -2.24. The standard InChI is InChI=1S/C15H22F3N/c1-9(2)7-11(8-10(3)4)19-13-6-5-12(16)14(17)15(13)18/h5-6,9-11,19H,7-8H2,1-4H3. The number of anilines is 1. The SMILES string of the molecule is CC(C)CC(CC(C)C)Nc1ccc(F)c(F)c1F. The van der Waals surface area contributed by atoms with E-state index in [2.05, 4.69) is 33.0 Å². The monoisotopic (exact) mass is 273 g/mol. The Balaban J connectivity index is 2.86. The maximum atomic E-state index is 13.6. The smallest absolute Gasteiger partial charge is 0.196 e. The van der Waals surface area contributed by atoms with Crippen molar-refractivity contribution in [1.82, 2.24) is 0 Å². The topological polar surface area (TPSA) is 12.0 Å². The van der Waals surface area contributed by atoms with Crippen LogP contribution in [0.25, 0.3) is 0 Å². The maximum Gasteiger partial charge on any atom is 0.196 e. The molecular weight excluding hydrogens is 251 g/mol. The second-order valence-corrected chi connectivity index (χ2v) is 5.82. The minimum Gasteiger partial charge on any atom is -0.380 e. The van der Waals surface area contributed by atoms with Crippen LogP contribution < -0.4 is 5.32 Å². The van der Waals surface area contributed by atoms with Gasteiger partial charge in [0.15, 0.2) is 17.5 Å². The molecule has 1 rings (SSSR count). The zero-order chi connectivity index (χ0) is 14.6. The van der Waals surface area contributed by atoms with E-state index in [9.17, 15) is 13.2 Å². The van der Waals surface area contributed by atoms with Crippen molar-refractivity contribution in [2.45, 2.75) is 46.6 Å². The molecule has 1 aromatic rings. The summed E-state index contributed by atoms with van der Waals surface area (Å²) in [7, 11) is 0. The van der Waals surface area contributed by atoms with Gasteiger partial charge >= 0.3 is 0 Å². The molecule has 1 nitrogen and oxygen atoms in total. The summed E-state index contributed by atoms with van der Waals surface area (Å²) in [6.45, 7) is 8.32. The molecule has 1 N–H and O–H groups in total. The third-order valence-electron chi connectivity index (χ3n) is 2.91. The maximum absolute atomic E-state index is 13.6. The fraction of sp³-hybridized carbons (Fsp3) is 0.600. The molecular formula is C15H22F3N. The van der Waals surface area contributed by atoms with Crippen molar-refractivity contribution in [3.05, 3.63) is 29.6 Å². The molecule has 0 unspecified atom stereocenters. The molecule has 19 heavy (non-hydrogen) atoms. The molecule has 0 aliphatic carbocycles. The Morgan fingerprint density at radius 2 is 1.42 bits per heavy atom. The summed E-state index contributed by atoms with van der Waals surface area (Å²) in [4.78, 5) is 0. The molecule has 1 aromatic carbocycles. The van der Waals surface area contributed by atoms with Gasteiger partial charge in [0.25, 0.3) is 0 Å². The van der Waals surface area contributed by atoms with E-state index in [1.54, 1.807) is 0 Å². The van der Waals surface area contributed by atoms with E-state index in [1.165, 1.54) is 6.07 Å². The van der Waals surface area contributed by atoms with E-state index >= 15 is 0 Å². The van der Waals surface area contributed by atoms with Crippen molar-refractivity contribution in [2.75, 3.05) is 5.32 Å². The summed E-state index contributed by atoms with van der Waals surface area (Å²) in [5.41, 5.74) is 0.0326. The highest BCUT2D eigenvalue weighted by Gasteiger charge is 2.18. The highest BCUT2D eigenvalue weighted by molar-refractivity contribution is 5.46. The third kappa shape index (κ3) is 4.77. The molecule has 108 valence electrons. The zero-order valence-electron chi connectivity index (χ0n) is 11.9. The molecule has 0 saturated carbocycles. The van der Waals surface area contributed by atoms with Crippen molar-refractivity contribution >= 4 is 5.69 Å². The van der Waals surface area contributed by atoms with Crippen LogP contribution in [0, 0.1) is 29.3 Å². The van der Waals surface area contributed by atoms with Crippen LogP contribution in [0.1, 0.15) is 40.5 Å². The van der Waals surface area contributed by atoms with Gasteiger partial charge in [-0.3, -0.25) is 0 Å². The van der Waals surface area contributed by atoms with Crippen molar-refractivity contribution in [2.24, 2.45) is 11.8 Å². The van der Waals surface area contributed by atoms with Crippen molar-refractivity contribution < 1.29 is 13.2 Å². The molecule has 0 amide bonds. The van der Waals surface area contributed by atoms with Gasteiger partial charge in [0.05, 0.1) is 5.69 Å². The molecule has 0 aromatic heterocycles. The first kappa shape index (κ1) is 15.9.